The number of likely N-dealkylation sites (N-methyl/N-ethyl adjacent to an activating group) is 1. The number of rotatable bonds is 7. The number of benzene rings is 1. The van der Waals surface area contributed by atoms with Crippen molar-refractivity contribution in [1.29, 1.82) is 0 Å². The molecule has 2 N–H and O–H groups in total. The number of nitrogens with one attached hydrogen (secondary N) is 2. The molecule has 118 valence electrons. The average Bonchev–Trinajstić information content (AvgIpc) is 2.50. The maximum absolute atomic E-state index is 4.30. The highest BCUT2D eigenvalue weighted by Gasteiger charge is 2.09. The van der Waals surface area contributed by atoms with Gasteiger partial charge in [0.1, 0.15) is 0 Å². The summed E-state index contributed by atoms with van der Waals surface area (Å²) >= 11 is 0. The van der Waals surface area contributed by atoms with E-state index in [0.29, 0.717) is 6.04 Å². The number of guanidine groups is 1. The first-order valence-electron chi connectivity index (χ1n) is 7.84. The average molecular weight is 290 g/mol. The van der Waals surface area contributed by atoms with Crippen LogP contribution in [0.15, 0.2) is 35.3 Å². The van der Waals surface area contributed by atoms with Crippen molar-refractivity contribution in [3.05, 3.63) is 35.9 Å². The van der Waals surface area contributed by atoms with Gasteiger partial charge in [-0.05, 0) is 32.9 Å². The lowest BCUT2D eigenvalue weighted by Gasteiger charge is -2.25. The molecule has 0 aliphatic rings. The second-order valence-electron chi connectivity index (χ2n) is 5.50. The molecule has 1 aromatic rings. The monoisotopic (exact) mass is 290 g/mol. The Balaban J connectivity index is 2.42. The normalized spacial score (nSPS) is 13.6. The summed E-state index contributed by atoms with van der Waals surface area (Å²) in [4.78, 5) is 6.73. The third-order valence-corrected chi connectivity index (χ3v) is 3.70. The molecule has 1 unspecified atom stereocenters. The van der Waals surface area contributed by atoms with E-state index < -0.39 is 0 Å². The van der Waals surface area contributed by atoms with Crippen LogP contribution in [0.3, 0.4) is 0 Å². The Morgan fingerprint density at radius 2 is 1.86 bits per heavy atom. The van der Waals surface area contributed by atoms with Gasteiger partial charge in [0.2, 0.25) is 0 Å². The SMILES string of the molecule is CCN(CCNC(=NC)NC(C)c1ccccc1)C(C)C. The quantitative estimate of drug-likeness (QED) is 0.599. The van der Waals surface area contributed by atoms with Gasteiger partial charge in [0.05, 0.1) is 6.04 Å². The van der Waals surface area contributed by atoms with E-state index in [2.05, 4.69) is 72.5 Å². The van der Waals surface area contributed by atoms with Crippen LogP contribution in [-0.2, 0) is 0 Å². The van der Waals surface area contributed by atoms with Crippen LogP contribution >= 0.6 is 0 Å². The van der Waals surface area contributed by atoms with Crippen molar-refractivity contribution in [2.24, 2.45) is 4.99 Å². The zero-order valence-electron chi connectivity index (χ0n) is 14.1. The Morgan fingerprint density at radius 3 is 2.38 bits per heavy atom. The number of aliphatic imine (C=N–C) groups is 1. The highest BCUT2D eigenvalue weighted by Crippen LogP contribution is 2.10. The second-order valence-corrected chi connectivity index (χ2v) is 5.50. The van der Waals surface area contributed by atoms with E-state index in [4.69, 9.17) is 0 Å². The molecule has 1 rings (SSSR count). The first-order chi connectivity index (χ1) is 10.1. The molecular weight excluding hydrogens is 260 g/mol. The first kappa shape index (κ1) is 17.5. The molecule has 0 aliphatic heterocycles. The van der Waals surface area contributed by atoms with Crippen molar-refractivity contribution in [3.63, 3.8) is 0 Å². The minimum Gasteiger partial charge on any atom is -0.355 e. The molecule has 0 heterocycles. The molecule has 0 saturated carbocycles. The van der Waals surface area contributed by atoms with Gasteiger partial charge in [0, 0.05) is 26.2 Å². The van der Waals surface area contributed by atoms with Crippen LogP contribution in [0.1, 0.15) is 39.3 Å². The molecule has 0 aromatic heterocycles. The fourth-order valence-electron chi connectivity index (χ4n) is 2.32. The van der Waals surface area contributed by atoms with Gasteiger partial charge in [0.25, 0.3) is 0 Å². The van der Waals surface area contributed by atoms with Crippen molar-refractivity contribution in [2.75, 3.05) is 26.7 Å². The van der Waals surface area contributed by atoms with E-state index in [0.717, 1.165) is 25.6 Å². The third-order valence-electron chi connectivity index (χ3n) is 3.70. The summed E-state index contributed by atoms with van der Waals surface area (Å²) < 4.78 is 0. The van der Waals surface area contributed by atoms with Gasteiger partial charge in [0.15, 0.2) is 5.96 Å². The summed E-state index contributed by atoms with van der Waals surface area (Å²) in [5.41, 5.74) is 1.26. The molecule has 0 aliphatic carbocycles. The van der Waals surface area contributed by atoms with E-state index in [1.807, 2.05) is 13.1 Å². The maximum Gasteiger partial charge on any atom is 0.191 e. The Hall–Kier alpha value is -1.55. The summed E-state index contributed by atoms with van der Waals surface area (Å²) in [6.45, 7) is 11.8. The van der Waals surface area contributed by atoms with Gasteiger partial charge in [-0.3, -0.25) is 9.89 Å². The molecule has 0 fully saturated rings. The minimum absolute atomic E-state index is 0.241. The van der Waals surface area contributed by atoms with E-state index in [1.165, 1.54) is 5.56 Å². The van der Waals surface area contributed by atoms with Crippen LogP contribution in [0, 0.1) is 0 Å². The molecule has 21 heavy (non-hydrogen) atoms. The fourth-order valence-corrected chi connectivity index (χ4v) is 2.32. The van der Waals surface area contributed by atoms with Gasteiger partial charge in [-0.25, -0.2) is 0 Å². The van der Waals surface area contributed by atoms with Crippen LogP contribution in [0.5, 0.6) is 0 Å². The summed E-state index contributed by atoms with van der Waals surface area (Å²) in [7, 11) is 1.81. The smallest absolute Gasteiger partial charge is 0.191 e. The number of hydrogen-bond donors (Lipinski definition) is 2. The summed E-state index contributed by atoms with van der Waals surface area (Å²) in [5.74, 6) is 0.853. The summed E-state index contributed by atoms with van der Waals surface area (Å²) in [6, 6.07) is 11.2. The predicted molar refractivity (Wildman–Crippen MR) is 91.7 cm³/mol. The maximum atomic E-state index is 4.30. The van der Waals surface area contributed by atoms with Gasteiger partial charge < -0.3 is 10.6 Å². The van der Waals surface area contributed by atoms with Gasteiger partial charge in [-0.15, -0.1) is 0 Å². The van der Waals surface area contributed by atoms with Crippen LogP contribution in [0.2, 0.25) is 0 Å². The highest BCUT2D eigenvalue weighted by molar-refractivity contribution is 5.80. The molecule has 0 spiro atoms. The zero-order chi connectivity index (χ0) is 15.7. The molecule has 1 aromatic carbocycles. The molecular formula is C17H30N4. The molecule has 0 bridgehead atoms. The Kier molecular flexibility index (Phi) is 7.83. The van der Waals surface area contributed by atoms with E-state index in [9.17, 15) is 0 Å². The lowest BCUT2D eigenvalue weighted by molar-refractivity contribution is 0.237. The van der Waals surface area contributed by atoms with E-state index >= 15 is 0 Å². The van der Waals surface area contributed by atoms with Crippen LogP contribution in [0.25, 0.3) is 0 Å². The van der Waals surface area contributed by atoms with Crippen molar-refractivity contribution < 1.29 is 0 Å². The Morgan fingerprint density at radius 1 is 1.19 bits per heavy atom. The topological polar surface area (TPSA) is 39.7 Å². The summed E-state index contributed by atoms with van der Waals surface area (Å²) in [6.07, 6.45) is 0. The van der Waals surface area contributed by atoms with E-state index in [1.54, 1.807) is 0 Å². The van der Waals surface area contributed by atoms with Gasteiger partial charge >= 0.3 is 0 Å². The zero-order valence-corrected chi connectivity index (χ0v) is 14.1. The van der Waals surface area contributed by atoms with Crippen molar-refractivity contribution in [2.45, 2.75) is 39.8 Å². The number of hydrogen-bond acceptors (Lipinski definition) is 2. The molecule has 4 nitrogen and oxygen atoms in total. The highest BCUT2D eigenvalue weighted by atomic mass is 15.2. The van der Waals surface area contributed by atoms with Crippen LogP contribution in [0.4, 0.5) is 0 Å². The van der Waals surface area contributed by atoms with Crippen LogP contribution < -0.4 is 10.6 Å². The lowest BCUT2D eigenvalue weighted by Crippen LogP contribution is -2.43. The van der Waals surface area contributed by atoms with Gasteiger partial charge in [-0.1, -0.05) is 37.3 Å². The summed E-state index contributed by atoms with van der Waals surface area (Å²) in [5, 5.41) is 6.81. The molecule has 0 radical (unpaired) electrons. The predicted octanol–water partition coefficient (Wildman–Crippen LogP) is 2.64. The van der Waals surface area contributed by atoms with E-state index in [-0.39, 0.29) is 6.04 Å². The largest absolute Gasteiger partial charge is 0.355 e. The minimum atomic E-state index is 0.241. The molecule has 0 amide bonds. The standard InChI is InChI=1S/C17H30N4/c1-6-21(14(2)3)13-12-19-17(18-5)20-15(4)16-10-8-7-9-11-16/h7-11,14-15H,6,12-13H2,1-5H3,(H2,18,19,20). The van der Waals surface area contributed by atoms with Crippen molar-refractivity contribution in [3.8, 4) is 0 Å². The third kappa shape index (κ3) is 6.17. The molecule has 0 saturated heterocycles. The van der Waals surface area contributed by atoms with Gasteiger partial charge in [-0.2, -0.15) is 0 Å². The Labute approximate surface area is 129 Å². The van der Waals surface area contributed by atoms with Crippen LogP contribution in [-0.4, -0.2) is 43.6 Å². The molecule has 1 atom stereocenters. The fraction of sp³-hybridized carbons (Fsp3) is 0.588. The first-order valence-corrected chi connectivity index (χ1v) is 7.84. The molecule has 4 heteroatoms. The number of nitrogens with zero attached hydrogens (tertiary/aromatic N) is 2. The van der Waals surface area contributed by atoms with Crippen molar-refractivity contribution in [1.82, 2.24) is 15.5 Å². The Bertz CT molecular complexity index is 414. The second kappa shape index (κ2) is 9.40. The lowest BCUT2D eigenvalue weighted by atomic mass is 10.1. The van der Waals surface area contributed by atoms with Crippen molar-refractivity contribution >= 4 is 5.96 Å².